The highest BCUT2D eigenvalue weighted by molar-refractivity contribution is 6.31. The topological polar surface area (TPSA) is 62.4 Å². The molecule has 0 amide bonds. The second-order valence-corrected chi connectivity index (χ2v) is 7.81. The van der Waals surface area contributed by atoms with Crippen molar-refractivity contribution in [2.24, 2.45) is 5.92 Å². The molecule has 0 saturated carbocycles. The highest BCUT2D eigenvalue weighted by atomic mass is 35.5. The van der Waals surface area contributed by atoms with E-state index >= 15 is 0 Å². The normalized spacial score (nSPS) is 12.6. The van der Waals surface area contributed by atoms with Crippen LogP contribution in [0.15, 0.2) is 47.3 Å². The number of aromatic nitrogens is 2. The third-order valence-corrected chi connectivity index (χ3v) is 5.14. The van der Waals surface area contributed by atoms with Gasteiger partial charge in [-0.3, -0.25) is 4.79 Å². The van der Waals surface area contributed by atoms with Crippen molar-refractivity contribution in [3.63, 3.8) is 0 Å². The lowest BCUT2D eigenvalue weighted by molar-refractivity contribution is -0.718. The van der Waals surface area contributed by atoms with Crippen LogP contribution < -0.4 is 10.9 Å². The quantitative estimate of drug-likeness (QED) is 0.647. The van der Waals surface area contributed by atoms with Crippen LogP contribution in [0.2, 0.25) is 5.02 Å². The summed E-state index contributed by atoms with van der Waals surface area (Å²) < 4.78 is 0. The first kappa shape index (κ1) is 19.6. The Labute approximate surface area is 165 Å². The Hall–Kier alpha value is -2.17. The zero-order chi connectivity index (χ0) is 19.4. The van der Waals surface area contributed by atoms with E-state index in [2.05, 4.69) is 60.3 Å². The van der Waals surface area contributed by atoms with Gasteiger partial charge in [-0.2, -0.15) is 0 Å². The fraction of sp³-hybridized carbons (Fsp3) is 0.364. The number of nitrogens with two attached hydrogens (primary N) is 1. The molecular weight excluding hydrogens is 358 g/mol. The summed E-state index contributed by atoms with van der Waals surface area (Å²) in [6.45, 7) is 7.25. The van der Waals surface area contributed by atoms with Crippen molar-refractivity contribution in [2.75, 3.05) is 0 Å². The van der Waals surface area contributed by atoms with Gasteiger partial charge in [-0.25, -0.2) is 4.98 Å². The number of hydrogen-bond donors (Lipinski definition) is 2. The van der Waals surface area contributed by atoms with Crippen molar-refractivity contribution in [1.29, 1.82) is 0 Å². The number of rotatable bonds is 7. The number of hydrogen-bond acceptors (Lipinski definition) is 2. The maximum absolute atomic E-state index is 12.3. The Kier molecular flexibility index (Phi) is 6.30. The van der Waals surface area contributed by atoms with Gasteiger partial charge in [0.2, 0.25) is 0 Å². The van der Waals surface area contributed by atoms with E-state index in [9.17, 15) is 4.79 Å². The minimum atomic E-state index is -0.120. The molecule has 142 valence electrons. The number of fused-ring (bicyclic) bond motifs is 1. The van der Waals surface area contributed by atoms with E-state index in [0.717, 1.165) is 12.8 Å². The van der Waals surface area contributed by atoms with Crippen molar-refractivity contribution in [1.82, 2.24) is 9.97 Å². The molecule has 0 fully saturated rings. The standard InChI is InChI=1S/C22H26ClN3O/c1-4-5-15-6-8-16(9-7-15)21(14(2)3)24-13-20-25-19-12-17(23)10-11-18(19)22(27)26-20/h6-12,14,21,24H,4-5,13H2,1-3H3,(H,25,26,27)/p+1/t21-/m1/s1. The van der Waals surface area contributed by atoms with Crippen LogP contribution in [0.25, 0.3) is 10.9 Å². The lowest BCUT2D eigenvalue weighted by Crippen LogP contribution is -2.85. The zero-order valence-electron chi connectivity index (χ0n) is 16.1. The molecule has 0 spiro atoms. The molecule has 0 radical (unpaired) electrons. The highest BCUT2D eigenvalue weighted by Crippen LogP contribution is 2.19. The van der Waals surface area contributed by atoms with Crippen molar-refractivity contribution in [3.8, 4) is 0 Å². The van der Waals surface area contributed by atoms with E-state index in [1.807, 2.05) is 0 Å². The molecule has 3 aromatic rings. The molecule has 0 aliphatic rings. The second kappa shape index (κ2) is 8.68. The van der Waals surface area contributed by atoms with Crippen LogP contribution in [0.4, 0.5) is 0 Å². The van der Waals surface area contributed by atoms with Crippen LogP contribution in [0.3, 0.4) is 0 Å². The number of benzene rings is 2. The van der Waals surface area contributed by atoms with Gasteiger partial charge in [-0.05, 0) is 30.2 Å². The molecule has 27 heavy (non-hydrogen) atoms. The Morgan fingerprint density at radius 1 is 1.15 bits per heavy atom. The molecule has 0 saturated heterocycles. The lowest BCUT2D eigenvalue weighted by atomic mass is 9.94. The number of halogens is 1. The maximum Gasteiger partial charge on any atom is 0.258 e. The van der Waals surface area contributed by atoms with Gasteiger partial charge < -0.3 is 10.3 Å². The van der Waals surface area contributed by atoms with Gasteiger partial charge in [-0.1, -0.05) is 63.1 Å². The summed E-state index contributed by atoms with van der Waals surface area (Å²) in [7, 11) is 0. The van der Waals surface area contributed by atoms with Gasteiger partial charge >= 0.3 is 0 Å². The molecule has 0 aliphatic carbocycles. The van der Waals surface area contributed by atoms with Gasteiger partial charge in [0, 0.05) is 16.5 Å². The minimum absolute atomic E-state index is 0.120. The van der Waals surface area contributed by atoms with Crippen molar-refractivity contribution in [3.05, 3.63) is 74.8 Å². The average molecular weight is 385 g/mol. The van der Waals surface area contributed by atoms with Crippen molar-refractivity contribution < 1.29 is 5.32 Å². The number of aromatic amines is 1. The zero-order valence-corrected chi connectivity index (χ0v) is 16.9. The van der Waals surface area contributed by atoms with Gasteiger partial charge in [0.05, 0.1) is 10.9 Å². The first-order valence-electron chi connectivity index (χ1n) is 9.58. The molecule has 1 atom stereocenters. The number of H-pyrrole nitrogens is 1. The van der Waals surface area contributed by atoms with E-state index < -0.39 is 0 Å². The van der Waals surface area contributed by atoms with Crippen LogP contribution in [-0.2, 0) is 13.0 Å². The molecule has 1 aromatic heterocycles. The summed E-state index contributed by atoms with van der Waals surface area (Å²) in [6.07, 6.45) is 2.27. The monoisotopic (exact) mass is 384 g/mol. The van der Waals surface area contributed by atoms with Crippen molar-refractivity contribution in [2.45, 2.75) is 46.2 Å². The number of nitrogens with one attached hydrogen (secondary N) is 1. The van der Waals surface area contributed by atoms with Crippen molar-refractivity contribution >= 4 is 22.5 Å². The molecule has 3 N–H and O–H groups in total. The summed E-state index contributed by atoms with van der Waals surface area (Å²) in [5.74, 6) is 1.13. The van der Waals surface area contributed by atoms with E-state index in [4.69, 9.17) is 11.6 Å². The van der Waals surface area contributed by atoms with Crippen LogP contribution in [-0.4, -0.2) is 9.97 Å². The molecule has 0 unspecified atom stereocenters. The highest BCUT2D eigenvalue weighted by Gasteiger charge is 2.20. The summed E-state index contributed by atoms with van der Waals surface area (Å²) in [5, 5.41) is 3.39. The molecule has 2 aromatic carbocycles. The van der Waals surface area contributed by atoms with Crippen LogP contribution in [0.1, 0.15) is 50.2 Å². The number of aryl methyl sites for hydroxylation is 1. The largest absolute Gasteiger partial charge is 0.334 e. The summed E-state index contributed by atoms with van der Waals surface area (Å²) in [5.41, 5.74) is 3.20. The smallest absolute Gasteiger partial charge is 0.258 e. The third-order valence-electron chi connectivity index (χ3n) is 4.90. The predicted octanol–water partition coefficient (Wildman–Crippen LogP) is 3.99. The second-order valence-electron chi connectivity index (χ2n) is 7.38. The Morgan fingerprint density at radius 2 is 1.89 bits per heavy atom. The SMILES string of the molecule is CCCc1ccc([C@H]([NH2+]Cc2nc3cc(Cl)ccc3c(=O)[nH]2)C(C)C)cc1. The fourth-order valence-electron chi connectivity index (χ4n) is 3.48. The maximum atomic E-state index is 12.3. The van der Waals surface area contributed by atoms with Gasteiger partial charge in [0.1, 0.15) is 12.6 Å². The van der Waals surface area contributed by atoms with Gasteiger partial charge in [0.25, 0.3) is 5.56 Å². The van der Waals surface area contributed by atoms with E-state index in [1.54, 1.807) is 18.2 Å². The molecule has 5 heteroatoms. The first-order chi connectivity index (χ1) is 13.0. The van der Waals surface area contributed by atoms with Gasteiger partial charge in [0.15, 0.2) is 5.82 Å². The Morgan fingerprint density at radius 3 is 2.56 bits per heavy atom. The van der Waals surface area contributed by atoms with Crippen LogP contribution in [0, 0.1) is 5.92 Å². The van der Waals surface area contributed by atoms with Gasteiger partial charge in [-0.15, -0.1) is 0 Å². The minimum Gasteiger partial charge on any atom is -0.334 e. The van der Waals surface area contributed by atoms with E-state index in [-0.39, 0.29) is 5.56 Å². The molecule has 4 nitrogen and oxygen atoms in total. The van der Waals surface area contributed by atoms with E-state index in [0.29, 0.717) is 40.3 Å². The predicted molar refractivity (Wildman–Crippen MR) is 111 cm³/mol. The molecule has 0 bridgehead atoms. The molecule has 1 heterocycles. The number of quaternary nitrogens is 1. The lowest BCUT2D eigenvalue weighted by Gasteiger charge is -2.20. The Bertz CT molecular complexity index is 963. The van der Waals surface area contributed by atoms with Crippen LogP contribution >= 0.6 is 11.6 Å². The molecule has 0 aliphatic heterocycles. The summed E-state index contributed by atoms with van der Waals surface area (Å²) in [4.78, 5) is 19.8. The Balaban J connectivity index is 1.80. The number of nitrogens with zero attached hydrogens (tertiary/aromatic N) is 1. The first-order valence-corrected chi connectivity index (χ1v) is 9.96. The fourth-order valence-corrected chi connectivity index (χ4v) is 3.65. The van der Waals surface area contributed by atoms with Crippen LogP contribution in [0.5, 0.6) is 0 Å². The molecule has 3 rings (SSSR count). The summed E-state index contributed by atoms with van der Waals surface area (Å²) >= 11 is 6.05. The third kappa shape index (κ3) is 4.76. The molecular formula is C22H27ClN3O+. The van der Waals surface area contributed by atoms with E-state index in [1.165, 1.54) is 11.1 Å². The summed E-state index contributed by atoms with van der Waals surface area (Å²) in [6, 6.07) is 14.4. The average Bonchev–Trinajstić information content (AvgIpc) is 2.63.